The number of furan rings is 1. The van der Waals surface area contributed by atoms with Crippen molar-refractivity contribution >= 4 is 17.7 Å². The Morgan fingerprint density at radius 2 is 2.25 bits per heavy atom. The van der Waals surface area contributed by atoms with Gasteiger partial charge in [0.05, 0.1) is 11.8 Å². The van der Waals surface area contributed by atoms with Crippen LogP contribution in [0.1, 0.15) is 24.5 Å². The number of thioether (sulfide) groups is 1. The molecule has 2 aromatic heterocycles. The first-order valence-corrected chi connectivity index (χ1v) is 6.96. The summed E-state index contributed by atoms with van der Waals surface area (Å²) in [7, 11) is 0. The van der Waals surface area contributed by atoms with Gasteiger partial charge in [-0.3, -0.25) is 9.59 Å². The van der Waals surface area contributed by atoms with E-state index in [0.29, 0.717) is 5.16 Å². The zero-order valence-electron chi connectivity index (χ0n) is 11.1. The number of hydrogen-bond donors (Lipinski definition) is 1. The summed E-state index contributed by atoms with van der Waals surface area (Å²) in [6, 6.07) is 4.88. The van der Waals surface area contributed by atoms with Crippen molar-refractivity contribution in [3.63, 3.8) is 0 Å². The molecule has 1 N–H and O–H groups in total. The van der Waals surface area contributed by atoms with E-state index in [1.807, 2.05) is 26.0 Å². The quantitative estimate of drug-likeness (QED) is 0.670. The van der Waals surface area contributed by atoms with E-state index in [9.17, 15) is 9.59 Å². The minimum atomic E-state index is -0.957. The van der Waals surface area contributed by atoms with Crippen molar-refractivity contribution in [2.24, 2.45) is 0 Å². The van der Waals surface area contributed by atoms with Crippen molar-refractivity contribution in [1.82, 2.24) is 9.55 Å². The molecule has 0 saturated heterocycles. The second kappa shape index (κ2) is 5.96. The van der Waals surface area contributed by atoms with Crippen LogP contribution in [0.4, 0.5) is 0 Å². The zero-order chi connectivity index (χ0) is 14.7. The summed E-state index contributed by atoms with van der Waals surface area (Å²) >= 11 is 1.01. The fraction of sp³-hybridized carbons (Fsp3) is 0.308. The second-order valence-corrected chi connectivity index (χ2v) is 5.20. The molecule has 1 atom stereocenters. The predicted octanol–water partition coefficient (Wildman–Crippen LogP) is 1.93. The number of carboxylic acids is 1. The summed E-state index contributed by atoms with van der Waals surface area (Å²) < 4.78 is 7.29. The zero-order valence-corrected chi connectivity index (χ0v) is 11.9. The van der Waals surface area contributed by atoms with Gasteiger partial charge in [-0.05, 0) is 26.0 Å². The molecule has 2 aromatic rings. The molecule has 6 nitrogen and oxygen atoms in total. The van der Waals surface area contributed by atoms with Crippen LogP contribution in [0.3, 0.4) is 0 Å². The number of carbonyl (C=O) groups is 1. The SMILES string of the molecule is Cc1ccc(C(C)n2ccc(=O)nc2SCC(=O)O)o1. The third-order valence-electron chi connectivity index (χ3n) is 2.72. The van der Waals surface area contributed by atoms with Gasteiger partial charge < -0.3 is 14.1 Å². The lowest BCUT2D eigenvalue weighted by Crippen LogP contribution is -2.17. The number of nitrogens with zero attached hydrogens (tertiary/aromatic N) is 2. The largest absolute Gasteiger partial charge is 0.481 e. The topological polar surface area (TPSA) is 85.3 Å². The molecule has 0 bridgehead atoms. The highest BCUT2D eigenvalue weighted by Crippen LogP contribution is 2.24. The first-order valence-electron chi connectivity index (χ1n) is 5.97. The van der Waals surface area contributed by atoms with E-state index in [4.69, 9.17) is 9.52 Å². The minimum Gasteiger partial charge on any atom is -0.481 e. The van der Waals surface area contributed by atoms with E-state index < -0.39 is 11.5 Å². The van der Waals surface area contributed by atoms with Crippen LogP contribution in [0.15, 0.2) is 38.8 Å². The molecule has 0 saturated carbocycles. The fourth-order valence-electron chi connectivity index (χ4n) is 1.74. The van der Waals surface area contributed by atoms with Crippen LogP contribution in [0, 0.1) is 6.92 Å². The second-order valence-electron chi connectivity index (χ2n) is 4.26. The van der Waals surface area contributed by atoms with Crippen LogP contribution in [0.25, 0.3) is 0 Å². The molecule has 0 aliphatic carbocycles. The standard InChI is InChI=1S/C13H14N2O4S/c1-8-3-4-10(19-8)9(2)15-6-5-11(16)14-13(15)20-7-12(17)18/h3-6,9H,7H2,1-2H3,(H,17,18). The Balaban J connectivity index is 2.34. The van der Waals surface area contributed by atoms with Gasteiger partial charge in [-0.1, -0.05) is 11.8 Å². The van der Waals surface area contributed by atoms with Crippen molar-refractivity contribution in [3.8, 4) is 0 Å². The van der Waals surface area contributed by atoms with Crippen LogP contribution in [-0.2, 0) is 4.79 Å². The van der Waals surface area contributed by atoms with E-state index in [1.54, 1.807) is 10.8 Å². The fourth-order valence-corrected chi connectivity index (χ4v) is 2.52. The van der Waals surface area contributed by atoms with Crippen molar-refractivity contribution in [3.05, 3.63) is 46.3 Å². The third kappa shape index (κ3) is 3.30. The van der Waals surface area contributed by atoms with Crippen molar-refractivity contribution < 1.29 is 14.3 Å². The van der Waals surface area contributed by atoms with Gasteiger partial charge in [0.15, 0.2) is 5.16 Å². The average Bonchev–Trinajstić information content (AvgIpc) is 2.82. The Morgan fingerprint density at radius 3 is 2.85 bits per heavy atom. The summed E-state index contributed by atoms with van der Waals surface area (Å²) in [6.45, 7) is 3.75. The number of aliphatic carboxylic acids is 1. The van der Waals surface area contributed by atoms with E-state index in [2.05, 4.69) is 4.98 Å². The Kier molecular flexibility index (Phi) is 4.29. The number of aromatic nitrogens is 2. The number of aryl methyl sites for hydroxylation is 1. The molecule has 0 aliphatic heterocycles. The maximum absolute atomic E-state index is 11.3. The Morgan fingerprint density at radius 1 is 1.50 bits per heavy atom. The lowest BCUT2D eigenvalue weighted by atomic mass is 10.2. The van der Waals surface area contributed by atoms with Crippen LogP contribution < -0.4 is 5.56 Å². The molecular formula is C13H14N2O4S. The smallest absolute Gasteiger partial charge is 0.313 e. The van der Waals surface area contributed by atoms with Gasteiger partial charge in [-0.15, -0.1) is 0 Å². The summed E-state index contributed by atoms with van der Waals surface area (Å²) in [6.07, 6.45) is 1.60. The van der Waals surface area contributed by atoms with E-state index in [-0.39, 0.29) is 11.8 Å². The first kappa shape index (κ1) is 14.4. The molecule has 106 valence electrons. The Bertz CT molecular complexity index is 677. The molecule has 2 rings (SSSR count). The molecule has 20 heavy (non-hydrogen) atoms. The molecule has 0 aromatic carbocycles. The number of carboxylic acid groups (broad SMARTS) is 1. The molecule has 0 radical (unpaired) electrons. The average molecular weight is 294 g/mol. The molecule has 0 aliphatic rings. The van der Waals surface area contributed by atoms with E-state index >= 15 is 0 Å². The minimum absolute atomic E-state index is 0.152. The van der Waals surface area contributed by atoms with Crippen LogP contribution in [0.2, 0.25) is 0 Å². The van der Waals surface area contributed by atoms with Crippen molar-refractivity contribution in [2.75, 3.05) is 5.75 Å². The van der Waals surface area contributed by atoms with Crippen LogP contribution >= 0.6 is 11.8 Å². The van der Waals surface area contributed by atoms with Crippen LogP contribution in [0.5, 0.6) is 0 Å². The molecular weight excluding hydrogens is 280 g/mol. The first-order chi connectivity index (χ1) is 9.47. The van der Waals surface area contributed by atoms with Crippen molar-refractivity contribution in [2.45, 2.75) is 25.0 Å². The number of hydrogen-bond acceptors (Lipinski definition) is 5. The highest BCUT2D eigenvalue weighted by molar-refractivity contribution is 7.99. The Labute approximate surface area is 119 Å². The number of rotatable bonds is 5. The lowest BCUT2D eigenvalue weighted by Gasteiger charge is -2.16. The highest BCUT2D eigenvalue weighted by atomic mass is 32.2. The van der Waals surface area contributed by atoms with Gasteiger partial charge in [0, 0.05) is 12.3 Å². The van der Waals surface area contributed by atoms with Gasteiger partial charge in [0.1, 0.15) is 11.5 Å². The molecule has 0 spiro atoms. The Hall–Kier alpha value is -2.02. The monoisotopic (exact) mass is 294 g/mol. The normalized spacial score (nSPS) is 12.3. The van der Waals surface area contributed by atoms with Gasteiger partial charge >= 0.3 is 5.97 Å². The third-order valence-corrected chi connectivity index (χ3v) is 3.67. The van der Waals surface area contributed by atoms with Crippen molar-refractivity contribution in [1.29, 1.82) is 0 Å². The molecule has 7 heteroatoms. The molecule has 0 fully saturated rings. The van der Waals surface area contributed by atoms with Gasteiger partial charge in [0.25, 0.3) is 5.56 Å². The summed E-state index contributed by atoms with van der Waals surface area (Å²) in [5, 5.41) is 9.10. The molecule has 2 heterocycles. The van der Waals surface area contributed by atoms with E-state index in [1.165, 1.54) is 6.07 Å². The van der Waals surface area contributed by atoms with Crippen LogP contribution in [-0.4, -0.2) is 26.4 Å². The molecule has 0 amide bonds. The summed E-state index contributed by atoms with van der Waals surface area (Å²) in [5.41, 5.74) is -0.392. The van der Waals surface area contributed by atoms with Gasteiger partial charge in [-0.2, -0.15) is 4.98 Å². The van der Waals surface area contributed by atoms with Gasteiger partial charge in [-0.25, -0.2) is 0 Å². The maximum atomic E-state index is 11.3. The van der Waals surface area contributed by atoms with E-state index in [0.717, 1.165) is 23.3 Å². The predicted molar refractivity (Wildman–Crippen MR) is 74.1 cm³/mol. The maximum Gasteiger partial charge on any atom is 0.313 e. The highest BCUT2D eigenvalue weighted by Gasteiger charge is 2.16. The molecule has 1 unspecified atom stereocenters. The van der Waals surface area contributed by atoms with Gasteiger partial charge in [0.2, 0.25) is 0 Å². The summed E-state index contributed by atoms with van der Waals surface area (Å²) in [4.78, 5) is 25.9. The lowest BCUT2D eigenvalue weighted by molar-refractivity contribution is -0.133. The summed E-state index contributed by atoms with van der Waals surface area (Å²) in [5.74, 6) is 0.409.